The second-order valence-corrected chi connectivity index (χ2v) is 6.27. The van der Waals surface area contributed by atoms with Gasteiger partial charge in [0.2, 0.25) is 6.29 Å². The second-order valence-electron chi connectivity index (χ2n) is 6.27. The van der Waals surface area contributed by atoms with E-state index in [2.05, 4.69) is 24.3 Å². The molecule has 2 aliphatic rings. The monoisotopic (exact) mass is 320 g/mol. The predicted molar refractivity (Wildman–Crippen MR) is 90.5 cm³/mol. The average molecular weight is 320 g/mol. The van der Waals surface area contributed by atoms with Gasteiger partial charge in [-0.15, -0.1) is 0 Å². The first-order valence-corrected chi connectivity index (χ1v) is 8.29. The summed E-state index contributed by atoms with van der Waals surface area (Å²) in [6.45, 7) is 0.853. The van der Waals surface area contributed by atoms with Crippen LogP contribution >= 0.6 is 0 Å². The van der Waals surface area contributed by atoms with Crippen LogP contribution in [-0.2, 0) is 9.53 Å². The van der Waals surface area contributed by atoms with Crippen molar-refractivity contribution in [2.45, 2.75) is 24.8 Å². The van der Waals surface area contributed by atoms with Gasteiger partial charge in [0.05, 0.1) is 0 Å². The fraction of sp³-hybridized carbons (Fsp3) is 0.300. The Bertz CT molecular complexity index is 740. The molecule has 121 valence electrons. The highest BCUT2D eigenvalue weighted by Gasteiger charge is 2.33. The highest BCUT2D eigenvalue weighted by Crippen LogP contribution is 2.44. The van der Waals surface area contributed by atoms with Gasteiger partial charge in [0, 0.05) is 12.5 Å². The van der Waals surface area contributed by atoms with Crippen molar-refractivity contribution in [2.75, 3.05) is 13.2 Å². The maximum atomic E-state index is 12.3. The molecule has 0 N–H and O–H groups in total. The molecule has 4 nitrogen and oxygen atoms in total. The molecular weight excluding hydrogens is 302 g/mol. The van der Waals surface area contributed by atoms with E-state index in [0.29, 0.717) is 13.0 Å². The molecule has 4 rings (SSSR count). The number of likely N-dealkylation sites (tertiary alicyclic amines) is 1. The highest BCUT2D eigenvalue weighted by atomic mass is 16.6. The minimum atomic E-state index is -0.458. The minimum Gasteiger partial charge on any atom is -0.448 e. The van der Waals surface area contributed by atoms with E-state index in [1.165, 1.54) is 27.2 Å². The van der Waals surface area contributed by atoms with Gasteiger partial charge in [-0.2, -0.15) is 0 Å². The maximum Gasteiger partial charge on any atom is 0.410 e. The van der Waals surface area contributed by atoms with E-state index in [-0.39, 0.29) is 12.5 Å². The number of fused-ring (bicyclic) bond motifs is 3. The first-order valence-electron chi connectivity index (χ1n) is 8.29. The summed E-state index contributed by atoms with van der Waals surface area (Å²) in [5.41, 5.74) is 4.78. The molecule has 0 spiro atoms. The third-order valence-corrected chi connectivity index (χ3v) is 4.96. The van der Waals surface area contributed by atoms with Gasteiger partial charge < -0.3 is 4.74 Å². The summed E-state index contributed by atoms with van der Waals surface area (Å²) in [6, 6.07) is 16.0. The van der Waals surface area contributed by atoms with Crippen molar-refractivity contribution in [3.8, 4) is 11.1 Å². The number of rotatable bonds is 3. The summed E-state index contributed by atoms with van der Waals surface area (Å²) in [5.74, 6) is 0.0441. The smallest absolute Gasteiger partial charge is 0.410 e. The molecule has 2 aromatic carbocycles. The summed E-state index contributed by atoms with van der Waals surface area (Å²) in [5, 5.41) is 0. The van der Waals surface area contributed by atoms with Gasteiger partial charge in [0.1, 0.15) is 12.6 Å². The third kappa shape index (κ3) is 2.39. The SMILES string of the molecule is O=[C]C1CCCN1C(=O)OCC1c2ccccc2-c2ccccc21. The predicted octanol–water partition coefficient (Wildman–Crippen LogP) is 3.51. The number of carbonyl (C=O) groups excluding carboxylic acids is 2. The number of benzene rings is 2. The van der Waals surface area contributed by atoms with E-state index in [9.17, 15) is 9.59 Å². The second kappa shape index (κ2) is 6.11. The number of nitrogens with zero attached hydrogens (tertiary/aromatic N) is 1. The zero-order valence-corrected chi connectivity index (χ0v) is 13.3. The molecular formula is C20H18NO3. The van der Waals surface area contributed by atoms with Gasteiger partial charge in [-0.3, -0.25) is 9.69 Å². The first kappa shape index (κ1) is 14.9. The summed E-state index contributed by atoms with van der Waals surface area (Å²) in [4.78, 5) is 24.7. The molecule has 1 atom stereocenters. The molecule has 1 aliphatic carbocycles. The van der Waals surface area contributed by atoms with E-state index in [1.54, 1.807) is 0 Å². The van der Waals surface area contributed by atoms with Crippen LogP contribution in [0.3, 0.4) is 0 Å². The van der Waals surface area contributed by atoms with Crippen molar-refractivity contribution in [2.24, 2.45) is 0 Å². The molecule has 0 aromatic heterocycles. The molecule has 1 aliphatic heterocycles. The lowest BCUT2D eigenvalue weighted by Crippen LogP contribution is -2.37. The molecule has 1 radical (unpaired) electrons. The lowest BCUT2D eigenvalue weighted by molar-refractivity contribution is 0.102. The van der Waals surface area contributed by atoms with Gasteiger partial charge in [-0.1, -0.05) is 48.5 Å². The van der Waals surface area contributed by atoms with Gasteiger partial charge in [-0.05, 0) is 35.1 Å². The van der Waals surface area contributed by atoms with Crippen molar-refractivity contribution in [1.29, 1.82) is 0 Å². The van der Waals surface area contributed by atoms with Gasteiger partial charge in [0.25, 0.3) is 0 Å². The summed E-state index contributed by atoms with van der Waals surface area (Å²) < 4.78 is 5.56. The molecule has 0 bridgehead atoms. The van der Waals surface area contributed by atoms with Crippen LogP contribution in [0.15, 0.2) is 48.5 Å². The largest absolute Gasteiger partial charge is 0.448 e. The molecule has 0 saturated carbocycles. The minimum absolute atomic E-state index is 0.0441. The van der Waals surface area contributed by atoms with Gasteiger partial charge in [0.15, 0.2) is 0 Å². The Morgan fingerprint density at radius 2 is 1.71 bits per heavy atom. The Hall–Kier alpha value is -2.62. The fourth-order valence-corrected chi connectivity index (χ4v) is 3.78. The maximum absolute atomic E-state index is 12.3. The number of amides is 1. The van der Waals surface area contributed by atoms with Crippen LogP contribution in [0.4, 0.5) is 4.79 Å². The van der Waals surface area contributed by atoms with Gasteiger partial charge in [-0.25, -0.2) is 4.79 Å². The third-order valence-electron chi connectivity index (χ3n) is 4.96. The van der Waals surface area contributed by atoms with E-state index in [0.717, 1.165) is 6.42 Å². The van der Waals surface area contributed by atoms with E-state index in [1.807, 2.05) is 30.6 Å². The van der Waals surface area contributed by atoms with Crippen molar-refractivity contribution in [3.05, 3.63) is 59.7 Å². The lowest BCUT2D eigenvalue weighted by Gasteiger charge is -2.21. The van der Waals surface area contributed by atoms with Crippen LogP contribution in [0.5, 0.6) is 0 Å². The van der Waals surface area contributed by atoms with Crippen molar-refractivity contribution in [3.63, 3.8) is 0 Å². The Labute approximate surface area is 141 Å². The zero-order chi connectivity index (χ0) is 16.5. The Morgan fingerprint density at radius 3 is 2.33 bits per heavy atom. The Balaban J connectivity index is 1.55. The summed E-state index contributed by atoms with van der Waals surface area (Å²) in [7, 11) is 0. The van der Waals surface area contributed by atoms with Crippen LogP contribution in [0.25, 0.3) is 11.1 Å². The quantitative estimate of drug-likeness (QED) is 0.869. The number of hydrogen-bond acceptors (Lipinski definition) is 3. The first-order chi connectivity index (χ1) is 11.8. The summed E-state index contributed by atoms with van der Waals surface area (Å²) >= 11 is 0. The van der Waals surface area contributed by atoms with Crippen LogP contribution in [0.2, 0.25) is 0 Å². The molecule has 2 aromatic rings. The van der Waals surface area contributed by atoms with E-state index in [4.69, 9.17) is 4.74 Å². The Kier molecular flexibility index (Phi) is 3.81. The Morgan fingerprint density at radius 1 is 1.08 bits per heavy atom. The standard InChI is InChI=1S/C20H18NO3/c22-12-14-6-5-11-21(14)20(23)24-13-19-17-9-3-1-7-15(17)16-8-2-4-10-18(16)19/h1-4,7-10,14,19H,5-6,11,13H2. The van der Waals surface area contributed by atoms with Crippen LogP contribution in [0.1, 0.15) is 29.9 Å². The molecule has 4 heteroatoms. The average Bonchev–Trinajstić information content (AvgIpc) is 3.22. The van der Waals surface area contributed by atoms with Crippen LogP contribution in [0, 0.1) is 0 Å². The molecule has 24 heavy (non-hydrogen) atoms. The summed E-state index contributed by atoms with van der Waals surface area (Å²) in [6.07, 6.45) is 3.01. The van der Waals surface area contributed by atoms with Crippen LogP contribution < -0.4 is 0 Å². The number of carbonyl (C=O) groups is 1. The topological polar surface area (TPSA) is 46.6 Å². The van der Waals surface area contributed by atoms with Crippen LogP contribution in [-0.4, -0.2) is 36.5 Å². The zero-order valence-electron chi connectivity index (χ0n) is 13.3. The molecule has 1 amide bonds. The van der Waals surface area contributed by atoms with Crippen molar-refractivity contribution >= 4 is 12.4 Å². The van der Waals surface area contributed by atoms with Crippen molar-refractivity contribution < 1.29 is 14.3 Å². The molecule has 1 unspecified atom stereocenters. The fourth-order valence-electron chi connectivity index (χ4n) is 3.78. The van der Waals surface area contributed by atoms with E-state index >= 15 is 0 Å². The molecule has 1 heterocycles. The number of ether oxygens (including phenoxy) is 1. The van der Waals surface area contributed by atoms with Crippen molar-refractivity contribution in [1.82, 2.24) is 4.90 Å². The number of hydrogen-bond donors (Lipinski definition) is 0. The van der Waals surface area contributed by atoms with E-state index < -0.39 is 12.1 Å². The normalized spacial score (nSPS) is 19.0. The molecule has 1 fully saturated rings. The lowest BCUT2D eigenvalue weighted by atomic mass is 9.98. The van der Waals surface area contributed by atoms with Gasteiger partial charge >= 0.3 is 6.09 Å². The molecule has 1 saturated heterocycles. The highest BCUT2D eigenvalue weighted by molar-refractivity contribution is 5.79.